The summed E-state index contributed by atoms with van der Waals surface area (Å²) in [6, 6.07) is 12.0. The molecule has 7 heteroatoms. The van der Waals surface area contributed by atoms with E-state index in [1.807, 2.05) is 18.2 Å². The van der Waals surface area contributed by atoms with Crippen molar-refractivity contribution in [3.8, 4) is 11.5 Å². The van der Waals surface area contributed by atoms with Gasteiger partial charge in [0.05, 0.1) is 26.4 Å². The van der Waals surface area contributed by atoms with Gasteiger partial charge in [-0.15, -0.1) is 0 Å². The smallest absolute Gasteiger partial charge is 0.193 e. The molecule has 2 unspecified atom stereocenters. The number of benzene rings is 2. The van der Waals surface area contributed by atoms with Crippen LogP contribution in [-0.2, 0) is 0 Å². The predicted molar refractivity (Wildman–Crippen MR) is 105 cm³/mol. The molecule has 1 heterocycles. The van der Waals surface area contributed by atoms with Crippen LogP contribution in [0.1, 0.15) is 24.3 Å². The maximum absolute atomic E-state index is 13.1. The molecule has 0 saturated heterocycles. The second-order valence-corrected chi connectivity index (χ2v) is 7.37. The number of nitrogens with one attached hydrogen (secondary N) is 1. The van der Waals surface area contributed by atoms with Gasteiger partial charge in [-0.2, -0.15) is 0 Å². The number of anilines is 1. The molecule has 6 nitrogen and oxygen atoms in total. The van der Waals surface area contributed by atoms with Gasteiger partial charge < -0.3 is 25.6 Å². The van der Waals surface area contributed by atoms with Gasteiger partial charge in [0.2, 0.25) is 0 Å². The third-order valence-corrected chi connectivity index (χ3v) is 5.36. The Balaban J connectivity index is 1.40. The Kier molecular flexibility index (Phi) is 5.09. The van der Waals surface area contributed by atoms with Crippen LogP contribution in [0.15, 0.2) is 47.5 Å². The average Bonchev–Trinajstić information content (AvgIpc) is 3.47. The van der Waals surface area contributed by atoms with E-state index < -0.39 is 0 Å². The van der Waals surface area contributed by atoms with Crippen molar-refractivity contribution in [2.45, 2.75) is 18.8 Å². The van der Waals surface area contributed by atoms with Crippen LogP contribution in [0.25, 0.3) is 0 Å². The van der Waals surface area contributed by atoms with Crippen molar-refractivity contribution in [2.24, 2.45) is 16.1 Å². The van der Waals surface area contributed by atoms with Gasteiger partial charge in [0.25, 0.3) is 0 Å². The first-order valence-corrected chi connectivity index (χ1v) is 9.42. The lowest BCUT2D eigenvalue weighted by atomic mass is 10.00. The van der Waals surface area contributed by atoms with Crippen LogP contribution in [-0.4, -0.2) is 37.4 Å². The Bertz CT molecular complexity index is 872. The number of nitrogens with two attached hydrogens (primary N) is 1. The Labute approximate surface area is 163 Å². The lowest BCUT2D eigenvalue weighted by molar-refractivity contribution is 0.212. The normalized spacial score (nSPS) is 23.8. The highest BCUT2D eigenvalue weighted by atomic mass is 19.1. The zero-order valence-corrected chi connectivity index (χ0v) is 15.5. The maximum Gasteiger partial charge on any atom is 0.193 e. The first-order chi connectivity index (χ1) is 13.6. The van der Waals surface area contributed by atoms with Gasteiger partial charge in [-0.3, -0.25) is 4.99 Å². The van der Waals surface area contributed by atoms with Crippen molar-refractivity contribution >= 4 is 11.6 Å². The highest BCUT2D eigenvalue weighted by Crippen LogP contribution is 2.59. The Morgan fingerprint density at radius 3 is 2.68 bits per heavy atom. The summed E-state index contributed by atoms with van der Waals surface area (Å²) in [6.45, 7) is 1.66. The zero-order valence-electron chi connectivity index (χ0n) is 15.5. The molecule has 1 fully saturated rings. The molecule has 0 bridgehead atoms. The van der Waals surface area contributed by atoms with E-state index in [9.17, 15) is 9.50 Å². The summed E-state index contributed by atoms with van der Waals surface area (Å²) in [7, 11) is 0. The molecule has 1 saturated carbocycles. The summed E-state index contributed by atoms with van der Waals surface area (Å²) >= 11 is 0. The van der Waals surface area contributed by atoms with E-state index in [1.165, 1.54) is 12.1 Å². The number of nitrogens with zero attached hydrogens (tertiary/aromatic N) is 1. The number of aliphatic hydroxyl groups excluding tert-OH is 1. The second-order valence-electron chi connectivity index (χ2n) is 7.37. The summed E-state index contributed by atoms with van der Waals surface area (Å²) < 4.78 is 24.4. The number of hydrogen-bond donors (Lipinski definition) is 3. The molecule has 2 aromatic rings. The molecule has 2 aromatic carbocycles. The molecule has 4 N–H and O–H groups in total. The fraction of sp³-hybridized carbons (Fsp3) is 0.381. The van der Waals surface area contributed by atoms with Crippen LogP contribution in [0, 0.1) is 11.2 Å². The molecule has 4 rings (SSSR count). The van der Waals surface area contributed by atoms with E-state index in [4.69, 9.17) is 15.2 Å². The molecule has 28 heavy (non-hydrogen) atoms. The topological polar surface area (TPSA) is 89.1 Å². The van der Waals surface area contributed by atoms with Gasteiger partial charge in [0, 0.05) is 23.6 Å². The molecule has 0 aromatic heterocycles. The highest BCUT2D eigenvalue weighted by Gasteiger charge is 2.54. The van der Waals surface area contributed by atoms with Gasteiger partial charge >= 0.3 is 0 Å². The lowest BCUT2D eigenvalue weighted by Gasteiger charge is -2.14. The van der Waals surface area contributed by atoms with Crippen LogP contribution in [0.4, 0.5) is 10.1 Å². The fourth-order valence-electron chi connectivity index (χ4n) is 3.58. The van der Waals surface area contributed by atoms with Crippen LogP contribution < -0.4 is 20.5 Å². The monoisotopic (exact) mass is 385 g/mol. The summed E-state index contributed by atoms with van der Waals surface area (Å²) in [4.78, 5) is 4.43. The third kappa shape index (κ3) is 3.89. The van der Waals surface area contributed by atoms with Gasteiger partial charge in [0.15, 0.2) is 17.5 Å². The van der Waals surface area contributed by atoms with Crippen LogP contribution >= 0.6 is 0 Å². The van der Waals surface area contributed by atoms with Crippen molar-refractivity contribution in [2.75, 3.05) is 31.7 Å². The molecule has 1 aliphatic heterocycles. The molecule has 0 amide bonds. The highest BCUT2D eigenvalue weighted by molar-refractivity contribution is 5.92. The quantitative estimate of drug-likeness (QED) is 0.544. The molecule has 0 radical (unpaired) electrons. The molecule has 1 aliphatic carbocycles. The summed E-state index contributed by atoms with van der Waals surface area (Å²) in [5, 5.41) is 12.9. The van der Waals surface area contributed by atoms with Crippen molar-refractivity contribution in [1.82, 2.24) is 0 Å². The summed E-state index contributed by atoms with van der Waals surface area (Å²) in [5.41, 5.74) is 7.48. The van der Waals surface area contributed by atoms with Crippen LogP contribution in [0.2, 0.25) is 0 Å². The van der Waals surface area contributed by atoms with Crippen molar-refractivity contribution in [1.29, 1.82) is 0 Å². The molecule has 2 atom stereocenters. The Morgan fingerprint density at radius 2 is 1.93 bits per heavy atom. The fourth-order valence-corrected chi connectivity index (χ4v) is 3.58. The first-order valence-electron chi connectivity index (χ1n) is 9.42. The minimum absolute atomic E-state index is 0.00977. The molecular weight excluding hydrogens is 361 g/mol. The van der Waals surface area contributed by atoms with Gasteiger partial charge in [-0.1, -0.05) is 12.1 Å². The van der Waals surface area contributed by atoms with Gasteiger partial charge in [-0.05, 0) is 42.2 Å². The van der Waals surface area contributed by atoms with E-state index >= 15 is 0 Å². The van der Waals surface area contributed by atoms with Crippen molar-refractivity contribution < 1.29 is 19.0 Å². The minimum atomic E-state index is -0.338. The molecule has 0 spiro atoms. The van der Waals surface area contributed by atoms with Gasteiger partial charge in [-0.25, -0.2) is 4.39 Å². The third-order valence-electron chi connectivity index (χ3n) is 5.36. The predicted octanol–water partition coefficient (Wildman–Crippen LogP) is 2.88. The van der Waals surface area contributed by atoms with Gasteiger partial charge in [0.1, 0.15) is 5.82 Å². The maximum atomic E-state index is 13.1. The first kappa shape index (κ1) is 18.6. The zero-order chi connectivity index (χ0) is 19.6. The number of guanidine groups is 1. The Hall–Kier alpha value is -2.80. The number of fused-ring (bicyclic) bond motifs is 1. The summed E-state index contributed by atoms with van der Waals surface area (Å²) in [6.07, 6.45) is 1.65. The minimum Gasteiger partial charge on any atom is -0.490 e. The number of aliphatic hydroxyl groups is 1. The number of ether oxygens (including phenoxy) is 2. The lowest BCUT2D eigenvalue weighted by Crippen LogP contribution is -2.25. The van der Waals surface area contributed by atoms with E-state index in [0.717, 1.165) is 29.8 Å². The van der Waals surface area contributed by atoms with E-state index in [0.29, 0.717) is 25.5 Å². The number of hydrogen-bond acceptors (Lipinski definition) is 4. The average molecular weight is 385 g/mol. The number of aliphatic imine (C=N–C) groups is 1. The van der Waals surface area contributed by atoms with Crippen molar-refractivity contribution in [3.05, 3.63) is 53.8 Å². The van der Waals surface area contributed by atoms with E-state index in [2.05, 4.69) is 10.3 Å². The number of rotatable bonds is 5. The van der Waals surface area contributed by atoms with Crippen LogP contribution in [0.5, 0.6) is 11.5 Å². The number of halogens is 1. The molecule has 2 aliphatic rings. The Morgan fingerprint density at radius 1 is 1.18 bits per heavy atom. The SMILES string of the molecule is NC(=NCC1(CO)CC1c1ccc(F)cc1)Nc1ccc2c(c1)OCCCO2. The summed E-state index contributed by atoms with van der Waals surface area (Å²) in [5.74, 6) is 1.57. The largest absolute Gasteiger partial charge is 0.490 e. The van der Waals surface area contributed by atoms with Crippen molar-refractivity contribution in [3.63, 3.8) is 0 Å². The van der Waals surface area contributed by atoms with E-state index in [-0.39, 0.29) is 29.7 Å². The molecular formula is C21H24FN3O3. The van der Waals surface area contributed by atoms with E-state index in [1.54, 1.807) is 12.1 Å². The molecule has 148 valence electrons. The van der Waals surface area contributed by atoms with Crippen LogP contribution in [0.3, 0.4) is 0 Å². The standard InChI is InChI=1S/C21H24FN3O3/c22-15-4-2-14(3-5-15)17-11-21(17,13-26)12-24-20(23)25-16-6-7-18-19(10-16)28-9-1-8-27-18/h2-7,10,17,26H,1,8-9,11-13H2,(H3,23,24,25). The second kappa shape index (κ2) is 7.67.